The number of halogens is 4. The van der Waals surface area contributed by atoms with Crippen LogP contribution in [0.5, 0.6) is 0 Å². The average molecular weight is 918 g/mol. The lowest BCUT2D eigenvalue weighted by Crippen LogP contribution is -2.33. The van der Waals surface area contributed by atoms with E-state index in [9.17, 15) is 4.79 Å². The first kappa shape index (κ1) is 38.3. The van der Waals surface area contributed by atoms with Crippen molar-refractivity contribution < 1.29 is 9.53 Å². The third kappa shape index (κ3) is 8.57. The third-order valence-electron chi connectivity index (χ3n) is 9.79. The van der Waals surface area contributed by atoms with Gasteiger partial charge in [0.05, 0.1) is 0 Å². The number of unbranched alkanes of at least 4 members (excludes halogenated alkanes) is 2. The van der Waals surface area contributed by atoms with Gasteiger partial charge in [-0.25, -0.2) is 4.79 Å². The van der Waals surface area contributed by atoms with Gasteiger partial charge < -0.3 is 15.8 Å². The van der Waals surface area contributed by atoms with Crippen LogP contribution in [0.15, 0.2) is 90.7 Å². The van der Waals surface area contributed by atoms with Gasteiger partial charge in [-0.3, -0.25) is 0 Å². The Morgan fingerprint density at radius 2 is 0.980 bits per heavy atom. The molecule has 4 aromatic carbocycles. The van der Waals surface area contributed by atoms with Crippen molar-refractivity contribution in [1.29, 1.82) is 0 Å². The SMILES string of the molecule is CC(C)(C)OC(=O)NCCCCC1(C)c2cc(Br)ccc2-c2ccc(Br)cc21.CC1(CCCCN)c2cc(Br)ccc2-c2ccc(Br)cc21. The van der Waals surface area contributed by atoms with Crippen molar-refractivity contribution in [1.82, 2.24) is 5.32 Å². The predicted molar refractivity (Wildman–Crippen MR) is 218 cm³/mol. The molecule has 0 aliphatic heterocycles. The Morgan fingerprint density at radius 3 is 1.31 bits per heavy atom. The number of nitrogens with one attached hydrogen (secondary N) is 1. The number of rotatable bonds is 9. The fourth-order valence-corrected chi connectivity index (χ4v) is 8.84. The highest BCUT2D eigenvalue weighted by atomic mass is 79.9. The first-order valence-corrected chi connectivity index (χ1v) is 20.2. The number of amides is 1. The van der Waals surface area contributed by atoms with Crippen molar-refractivity contribution in [3.05, 3.63) is 113 Å². The van der Waals surface area contributed by atoms with Gasteiger partial charge in [0.2, 0.25) is 0 Å². The van der Waals surface area contributed by atoms with Crippen molar-refractivity contribution in [2.24, 2.45) is 5.73 Å². The molecule has 3 N–H and O–H groups in total. The second-order valence-electron chi connectivity index (χ2n) is 14.6. The molecule has 6 rings (SSSR count). The first-order valence-electron chi connectivity index (χ1n) is 17.0. The molecule has 0 spiro atoms. The number of carbonyl (C=O) groups excluding carboxylic acids is 1. The molecular weight excluding hydrogens is 872 g/mol. The van der Waals surface area contributed by atoms with Gasteiger partial charge in [0.25, 0.3) is 0 Å². The van der Waals surface area contributed by atoms with E-state index in [0.717, 1.165) is 63.0 Å². The van der Waals surface area contributed by atoms with E-state index < -0.39 is 5.60 Å². The zero-order chi connectivity index (χ0) is 35.6. The fourth-order valence-electron chi connectivity index (χ4n) is 7.39. The standard InChI is InChI=1S/C23H27Br2NO2.C18H19Br2N/c1-22(2,3)28-21(27)26-12-6-5-11-23(4)19-13-15(24)7-9-17(19)18-10-8-16(25)14-20(18)23;1-18(8-2-3-9-21)16-10-12(19)4-6-14(16)15-7-5-13(20)11-17(15)18/h7-10,13-14H,5-6,11-12H2,1-4H3,(H,26,27);4-7,10-11H,2-3,8-9,21H2,1H3. The first-order chi connectivity index (χ1) is 23.2. The molecule has 49 heavy (non-hydrogen) atoms. The van der Waals surface area contributed by atoms with Crippen molar-refractivity contribution in [3.8, 4) is 22.3 Å². The minimum absolute atomic E-state index is 0.0376. The summed E-state index contributed by atoms with van der Waals surface area (Å²) < 4.78 is 9.81. The van der Waals surface area contributed by atoms with Crippen molar-refractivity contribution in [3.63, 3.8) is 0 Å². The number of fused-ring (bicyclic) bond motifs is 6. The summed E-state index contributed by atoms with van der Waals surface area (Å²) in [5, 5.41) is 2.86. The van der Waals surface area contributed by atoms with Crippen LogP contribution in [0.25, 0.3) is 22.3 Å². The molecule has 2 aliphatic carbocycles. The van der Waals surface area contributed by atoms with Crippen molar-refractivity contribution in [2.75, 3.05) is 13.1 Å². The largest absolute Gasteiger partial charge is 0.444 e. The van der Waals surface area contributed by atoms with Gasteiger partial charge in [-0.05, 0) is 146 Å². The number of alkyl carbamates (subject to hydrolysis) is 1. The van der Waals surface area contributed by atoms with Crippen LogP contribution in [-0.2, 0) is 15.6 Å². The van der Waals surface area contributed by atoms with E-state index in [1.54, 1.807) is 0 Å². The van der Waals surface area contributed by atoms with E-state index in [2.05, 4.69) is 156 Å². The molecule has 0 heterocycles. The molecule has 4 nitrogen and oxygen atoms in total. The van der Waals surface area contributed by atoms with E-state index in [1.165, 1.54) is 44.5 Å². The van der Waals surface area contributed by atoms with Crippen molar-refractivity contribution in [2.45, 2.75) is 89.6 Å². The topological polar surface area (TPSA) is 64.3 Å². The summed E-state index contributed by atoms with van der Waals surface area (Å²) in [5.41, 5.74) is 16.2. The summed E-state index contributed by atoms with van der Waals surface area (Å²) in [6.07, 6.45) is 5.99. The van der Waals surface area contributed by atoms with E-state index >= 15 is 0 Å². The van der Waals surface area contributed by atoms with Crippen LogP contribution < -0.4 is 11.1 Å². The summed E-state index contributed by atoms with van der Waals surface area (Å²) in [6, 6.07) is 26.5. The average Bonchev–Trinajstić information content (AvgIpc) is 3.41. The molecule has 260 valence electrons. The molecule has 2 aliphatic rings. The van der Waals surface area contributed by atoms with Gasteiger partial charge in [-0.1, -0.05) is 115 Å². The molecule has 0 saturated heterocycles. The molecule has 0 unspecified atom stereocenters. The second-order valence-corrected chi connectivity index (χ2v) is 18.2. The normalized spacial score (nSPS) is 14.6. The summed E-state index contributed by atoms with van der Waals surface area (Å²) >= 11 is 14.5. The lowest BCUT2D eigenvalue weighted by molar-refractivity contribution is 0.0527. The Balaban J connectivity index is 0.000000199. The molecule has 0 atom stereocenters. The maximum absolute atomic E-state index is 11.8. The monoisotopic (exact) mass is 914 g/mol. The highest BCUT2D eigenvalue weighted by molar-refractivity contribution is 9.11. The fraction of sp³-hybridized carbons (Fsp3) is 0.390. The van der Waals surface area contributed by atoms with E-state index in [0.29, 0.717) is 6.54 Å². The number of hydrogen-bond donors (Lipinski definition) is 2. The summed E-state index contributed by atoms with van der Waals surface area (Å²) in [4.78, 5) is 11.8. The lowest BCUT2D eigenvalue weighted by atomic mass is 9.76. The molecule has 0 radical (unpaired) electrons. The lowest BCUT2D eigenvalue weighted by Gasteiger charge is -2.28. The molecule has 0 aromatic heterocycles. The van der Waals surface area contributed by atoms with Crippen molar-refractivity contribution >= 4 is 69.8 Å². The van der Waals surface area contributed by atoms with Gasteiger partial charge >= 0.3 is 6.09 Å². The van der Waals surface area contributed by atoms with Crippen LogP contribution in [0.1, 0.15) is 95.4 Å². The van der Waals surface area contributed by atoms with Crippen LogP contribution in [0.3, 0.4) is 0 Å². The van der Waals surface area contributed by atoms with Crippen LogP contribution in [0.4, 0.5) is 4.79 Å². The Bertz CT molecular complexity index is 1730. The Labute approximate surface area is 325 Å². The smallest absolute Gasteiger partial charge is 0.407 e. The molecule has 0 bridgehead atoms. The number of benzene rings is 4. The van der Waals surface area contributed by atoms with Gasteiger partial charge in [-0.15, -0.1) is 0 Å². The molecular formula is C41H46Br4N2O2. The highest BCUT2D eigenvalue weighted by Gasteiger charge is 2.40. The number of nitrogens with two attached hydrogens (primary N) is 1. The molecule has 0 saturated carbocycles. The minimum atomic E-state index is -0.463. The number of hydrogen-bond acceptors (Lipinski definition) is 3. The zero-order valence-electron chi connectivity index (χ0n) is 29.0. The Kier molecular flexibility index (Phi) is 12.3. The van der Waals surface area contributed by atoms with Gasteiger partial charge in [0.1, 0.15) is 5.60 Å². The summed E-state index contributed by atoms with van der Waals surface area (Å²) in [7, 11) is 0. The Hall–Kier alpha value is -1.97. The van der Waals surface area contributed by atoms with Crippen LogP contribution in [0, 0.1) is 0 Å². The van der Waals surface area contributed by atoms with Gasteiger partial charge in [-0.2, -0.15) is 0 Å². The maximum atomic E-state index is 11.8. The molecule has 0 fully saturated rings. The highest BCUT2D eigenvalue weighted by Crippen LogP contribution is 2.53. The number of carbonyl (C=O) groups is 1. The molecule has 4 aromatic rings. The van der Waals surface area contributed by atoms with E-state index in [4.69, 9.17) is 10.5 Å². The summed E-state index contributed by atoms with van der Waals surface area (Å²) in [5.74, 6) is 0. The zero-order valence-corrected chi connectivity index (χ0v) is 35.3. The van der Waals surface area contributed by atoms with Gasteiger partial charge in [0, 0.05) is 35.3 Å². The van der Waals surface area contributed by atoms with E-state index in [1.807, 2.05) is 20.8 Å². The quantitative estimate of drug-likeness (QED) is 0.164. The van der Waals surface area contributed by atoms with Crippen LogP contribution in [-0.4, -0.2) is 24.8 Å². The van der Waals surface area contributed by atoms with Crippen LogP contribution in [0.2, 0.25) is 0 Å². The number of ether oxygens (including phenoxy) is 1. The molecule has 1 amide bonds. The van der Waals surface area contributed by atoms with Crippen LogP contribution >= 0.6 is 63.7 Å². The summed E-state index contributed by atoms with van der Waals surface area (Å²) in [6.45, 7) is 11.7. The van der Waals surface area contributed by atoms with Gasteiger partial charge in [0.15, 0.2) is 0 Å². The predicted octanol–water partition coefficient (Wildman–Crippen LogP) is 12.8. The van der Waals surface area contributed by atoms with E-state index in [-0.39, 0.29) is 16.9 Å². The minimum Gasteiger partial charge on any atom is -0.444 e. The second kappa shape index (κ2) is 15.7. The maximum Gasteiger partial charge on any atom is 0.407 e. The third-order valence-corrected chi connectivity index (χ3v) is 11.8. The Morgan fingerprint density at radius 1 is 0.633 bits per heavy atom. The molecule has 8 heteroatoms.